The van der Waals surface area contributed by atoms with E-state index in [1.807, 2.05) is 0 Å². The summed E-state index contributed by atoms with van der Waals surface area (Å²) in [6.07, 6.45) is 40.7. The molecular weight excluding hydrogens is 1250 g/mol. The molecule has 0 atom stereocenters. The topological polar surface area (TPSA) is 37.3 Å². The molecule has 0 aliphatic carbocycles. The van der Waals surface area contributed by atoms with E-state index in [9.17, 15) is 4.79 Å². The first-order chi connectivity index (χ1) is 37.8. The number of allylic oxidation sites excluding steroid dienone is 4. The fraction of sp³-hybridized carbons (Fsp3) is 0.414. The van der Waals surface area contributed by atoms with Gasteiger partial charge in [-0.2, -0.15) is 0 Å². The summed E-state index contributed by atoms with van der Waals surface area (Å²) in [4.78, 5) is 10.4. The van der Waals surface area contributed by atoms with Crippen LogP contribution < -0.4 is 48.8 Å². The molecule has 0 spiro atoms. The van der Waals surface area contributed by atoms with Crippen LogP contribution in [0.15, 0.2) is 206 Å². The quantitative estimate of drug-likeness (QED) is 0.0184. The molecule has 426 valence electrons. The number of unbranched alkanes of at least 4 members (excludes halogenated alkanes) is 18. The van der Waals surface area contributed by atoms with Gasteiger partial charge in [-0.25, -0.2) is 0 Å². The average Bonchev–Trinajstić information content (AvgIpc) is 3.67. The second kappa shape index (κ2) is 42.8. The Labute approximate surface area is 510 Å². The summed E-state index contributed by atoms with van der Waals surface area (Å²) < 4.78 is 0. The molecule has 78 heavy (non-hydrogen) atoms. The average molecular weight is 1350 g/mol. The van der Waals surface area contributed by atoms with E-state index in [2.05, 4.69) is 261 Å². The maximum atomic E-state index is 10.4. The van der Waals surface area contributed by atoms with E-state index in [-0.39, 0.29) is 17.0 Å². The third-order valence-electron chi connectivity index (χ3n) is 14.9. The van der Waals surface area contributed by atoms with E-state index >= 15 is 0 Å². The second-order valence-corrected chi connectivity index (χ2v) is 36.0. The summed E-state index contributed by atoms with van der Waals surface area (Å²) in [5.74, 6) is -0.664. The number of carboxylic acids is 1. The van der Waals surface area contributed by atoms with Gasteiger partial charge < -0.3 is 22.1 Å². The predicted octanol–water partition coefficient (Wildman–Crippen LogP) is 16.9. The van der Waals surface area contributed by atoms with Gasteiger partial charge in [0.25, 0.3) is 0 Å². The van der Waals surface area contributed by atoms with Crippen LogP contribution in [0, 0.1) is 0 Å². The first-order valence-corrected chi connectivity index (χ1v) is 38.7. The Balaban J connectivity index is 0.000000408. The van der Waals surface area contributed by atoms with Crippen molar-refractivity contribution in [3.63, 3.8) is 0 Å². The Hall–Kier alpha value is -2.95. The van der Waals surface area contributed by atoms with Crippen LogP contribution >= 0.6 is 59.9 Å². The molecular formula is C70H95Br4O2P2-. The summed E-state index contributed by atoms with van der Waals surface area (Å²) >= 11 is 11.4. The van der Waals surface area contributed by atoms with Crippen molar-refractivity contribution in [2.24, 2.45) is 0 Å². The molecule has 0 amide bonds. The predicted molar refractivity (Wildman–Crippen MR) is 360 cm³/mol. The normalized spacial score (nSPS) is 11.9. The molecule has 8 heteroatoms. The minimum atomic E-state index is -3.22. The van der Waals surface area contributed by atoms with Crippen molar-refractivity contribution in [3.8, 4) is 0 Å². The summed E-state index contributed by atoms with van der Waals surface area (Å²) in [6, 6.07) is 67.6. The van der Waals surface area contributed by atoms with Gasteiger partial charge in [-0.3, -0.25) is 4.79 Å². The van der Waals surface area contributed by atoms with Crippen LogP contribution in [-0.4, -0.2) is 34.1 Å². The van der Waals surface area contributed by atoms with E-state index in [4.69, 9.17) is 5.11 Å². The van der Waals surface area contributed by atoms with E-state index in [1.54, 1.807) is 0 Å². The number of rotatable bonds is 36. The SMILES string of the molecule is BrCCCCCCBr.Br[PH-](CCCCCC[P+](c1ccccc1)(c1ccccc1)c1ccccc1)(c1ccccc1)(c1ccccc1)c1ccccc1.CCCCC/C=C\CCCC/C=C\CCCCCCCCC(=O)O.[Br-]. The monoisotopic (exact) mass is 1350 g/mol. The Bertz CT molecular complexity index is 2220. The van der Waals surface area contributed by atoms with Crippen LogP contribution in [0.1, 0.15) is 161 Å². The van der Waals surface area contributed by atoms with Gasteiger partial charge in [0.05, 0.1) is 0 Å². The van der Waals surface area contributed by atoms with Crippen molar-refractivity contribution >= 4 is 97.7 Å². The molecule has 1 N–H and O–H groups in total. The number of hydrogen-bond donors (Lipinski definition) is 1. The van der Waals surface area contributed by atoms with Gasteiger partial charge in [-0.1, -0.05) is 114 Å². The standard InChI is InChI=1S/C42H43BrP2.C22H40O2.C6H12Br2.BrH/c43-45(40-29-15-6-16-30-40,41-31-17-7-18-32-41,42-33-19-8-20-34-42)36-22-2-1-21-35-44(37-23-9-3-10-24-37,38-25-11-4-12-26-38)39-27-13-5-14-28-39;1-2-3-4-5-6-7-8-9-10-11-12-13-14-15-16-17-18-19-20-21-22(23)24;7-5-3-1-2-4-6-8;/h3-20,23-34,45H,1-2,21-22,35-36H2;6-7,12-13H,2-5,8-11,14-21H2,1H3,(H,23,24);1-6H2;1H/p-1/b;7-6-,13-12-;;. The number of halogens is 4. The van der Waals surface area contributed by atoms with Crippen LogP contribution in [0.5, 0.6) is 0 Å². The van der Waals surface area contributed by atoms with Crippen LogP contribution in [0.3, 0.4) is 0 Å². The molecule has 0 fully saturated rings. The van der Waals surface area contributed by atoms with Crippen LogP contribution in [0.2, 0.25) is 0 Å². The number of aliphatic carboxylic acids is 1. The molecule has 0 aromatic heterocycles. The Morgan fingerprint density at radius 1 is 0.410 bits per heavy atom. The van der Waals surface area contributed by atoms with Crippen molar-refractivity contribution < 1.29 is 26.9 Å². The minimum absolute atomic E-state index is 0. The van der Waals surface area contributed by atoms with E-state index in [0.717, 1.165) is 29.7 Å². The number of carbonyl (C=O) groups is 1. The van der Waals surface area contributed by atoms with Crippen molar-refractivity contribution in [2.45, 2.75) is 161 Å². The summed E-state index contributed by atoms with van der Waals surface area (Å²) in [7, 11) is -1.79. The Kier molecular flexibility index (Phi) is 38.1. The molecule has 2 nitrogen and oxygen atoms in total. The van der Waals surface area contributed by atoms with Crippen molar-refractivity contribution in [1.29, 1.82) is 0 Å². The molecule has 0 aliphatic heterocycles. The number of alkyl halides is 2. The van der Waals surface area contributed by atoms with E-state index < -0.39 is 18.5 Å². The Morgan fingerprint density at radius 3 is 1.06 bits per heavy atom. The van der Waals surface area contributed by atoms with Crippen LogP contribution in [-0.2, 0) is 4.79 Å². The third kappa shape index (κ3) is 24.3. The van der Waals surface area contributed by atoms with Gasteiger partial charge in [-0.15, -0.1) is 0 Å². The molecule has 0 saturated heterocycles. The van der Waals surface area contributed by atoms with Gasteiger partial charge in [0, 0.05) is 17.1 Å². The molecule has 0 aliphatic rings. The fourth-order valence-electron chi connectivity index (χ4n) is 10.6. The summed E-state index contributed by atoms with van der Waals surface area (Å²) in [5.41, 5.74) is 0. The van der Waals surface area contributed by atoms with Gasteiger partial charge in [-0.05, 0) is 70.6 Å². The molecule has 6 aromatic carbocycles. The van der Waals surface area contributed by atoms with Crippen molar-refractivity contribution in [1.82, 2.24) is 0 Å². The molecule has 0 unspecified atom stereocenters. The van der Waals surface area contributed by atoms with Crippen LogP contribution in [0.25, 0.3) is 0 Å². The van der Waals surface area contributed by atoms with Gasteiger partial charge in [0.2, 0.25) is 0 Å². The first-order valence-electron chi connectivity index (χ1n) is 29.6. The van der Waals surface area contributed by atoms with Gasteiger partial charge in [0.1, 0.15) is 0 Å². The molecule has 0 radical (unpaired) electrons. The smallest absolute Gasteiger partial charge is 0.303 e. The second-order valence-electron chi connectivity index (χ2n) is 20.7. The molecule has 6 aromatic rings. The van der Waals surface area contributed by atoms with Gasteiger partial charge >= 0.3 is 286 Å². The largest absolute Gasteiger partial charge is 1.00 e. The van der Waals surface area contributed by atoms with E-state index in [1.165, 1.54) is 173 Å². The summed E-state index contributed by atoms with van der Waals surface area (Å²) in [6.45, 7) is 2.25. The number of benzene rings is 6. The fourth-order valence-corrected chi connectivity index (χ4v) is 24.5. The molecule has 0 saturated carbocycles. The van der Waals surface area contributed by atoms with E-state index in [0.29, 0.717) is 6.42 Å². The molecule has 6 rings (SSSR count). The molecule has 0 bridgehead atoms. The van der Waals surface area contributed by atoms with Crippen molar-refractivity contribution in [2.75, 3.05) is 23.0 Å². The zero-order valence-corrected chi connectivity index (χ0v) is 55.5. The maximum absolute atomic E-state index is 10.4. The number of carboxylic acid groups (broad SMARTS) is 1. The molecule has 0 heterocycles. The zero-order valence-electron chi connectivity index (χ0n) is 47.2. The Morgan fingerprint density at radius 2 is 0.705 bits per heavy atom. The van der Waals surface area contributed by atoms with Gasteiger partial charge in [0.15, 0.2) is 0 Å². The minimum Gasteiger partial charge on any atom is -1.00 e. The summed E-state index contributed by atoms with van der Waals surface area (Å²) in [5, 5.41) is 16.4. The third-order valence-corrected chi connectivity index (χ3v) is 31.8. The first kappa shape index (κ1) is 69.3. The maximum Gasteiger partial charge on any atom is 0.303 e. The zero-order chi connectivity index (χ0) is 54.8. The number of hydrogen-bond acceptors (Lipinski definition) is 1. The van der Waals surface area contributed by atoms with Crippen molar-refractivity contribution in [3.05, 3.63) is 206 Å². The van der Waals surface area contributed by atoms with Crippen LogP contribution in [0.4, 0.5) is 0 Å².